The zero-order valence-corrected chi connectivity index (χ0v) is 14.1. The lowest BCUT2D eigenvalue weighted by atomic mass is 9.97. The van der Waals surface area contributed by atoms with Crippen molar-refractivity contribution >= 4 is 11.6 Å². The first-order valence-electron chi connectivity index (χ1n) is 8.13. The molecule has 0 bridgehead atoms. The van der Waals surface area contributed by atoms with Gasteiger partial charge in [0.05, 0.1) is 0 Å². The zero-order valence-electron chi connectivity index (χ0n) is 14.1. The van der Waals surface area contributed by atoms with Crippen LogP contribution in [0.3, 0.4) is 0 Å². The van der Waals surface area contributed by atoms with Crippen molar-refractivity contribution in [2.75, 3.05) is 5.32 Å². The minimum atomic E-state index is -0.0105. The highest BCUT2D eigenvalue weighted by Crippen LogP contribution is 2.18. The van der Waals surface area contributed by atoms with E-state index in [9.17, 15) is 4.79 Å². The van der Waals surface area contributed by atoms with Crippen LogP contribution in [-0.2, 0) is 0 Å². The molecule has 1 aromatic carbocycles. The van der Waals surface area contributed by atoms with Gasteiger partial charge in [0.25, 0.3) is 5.91 Å². The SMILES string of the molecule is CCC(C)CC(CC)Nc1cccc(C(=O)NC(C)C)c1. The van der Waals surface area contributed by atoms with E-state index in [2.05, 4.69) is 31.4 Å². The third-order valence-electron chi connectivity index (χ3n) is 3.79. The van der Waals surface area contributed by atoms with Gasteiger partial charge in [0.15, 0.2) is 0 Å². The Kier molecular flexibility index (Phi) is 7.27. The summed E-state index contributed by atoms with van der Waals surface area (Å²) in [6.07, 6.45) is 3.46. The molecule has 1 aromatic rings. The lowest BCUT2D eigenvalue weighted by Crippen LogP contribution is -2.30. The molecule has 1 amide bonds. The van der Waals surface area contributed by atoms with Crippen LogP contribution in [0.1, 0.15) is 64.2 Å². The van der Waals surface area contributed by atoms with E-state index in [0.717, 1.165) is 24.4 Å². The molecule has 3 nitrogen and oxygen atoms in total. The largest absolute Gasteiger partial charge is 0.382 e. The molecular weight excluding hydrogens is 260 g/mol. The van der Waals surface area contributed by atoms with Gasteiger partial charge in [-0.15, -0.1) is 0 Å². The van der Waals surface area contributed by atoms with E-state index >= 15 is 0 Å². The molecule has 0 saturated carbocycles. The van der Waals surface area contributed by atoms with E-state index in [0.29, 0.717) is 11.6 Å². The molecular formula is C18H30N2O. The monoisotopic (exact) mass is 290 g/mol. The summed E-state index contributed by atoms with van der Waals surface area (Å²) in [4.78, 5) is 12.0. The standard InChI is InChI=1S/C18H30N2O/c1-6-14(5)11-16(7-2)20-17-10-8-9-15(12-17)18(21)19-13(3)4/h8-10,12-14,16,20H,6-7,11H2,1-5H3,(H,19,21). The number of rotatable bonds is 8. The summed E-state index contributed by atoms with van der Waals surface area (Å²) >= 11 is 0. The van der Waals surface area contributed by atoms with E-state index in [1.807, 2.05) is 38.1 Å². The molecule has 0 aromatic heterocycles. The summed E-state index contributed by atoms with van der Waals surface area (Å²) in [5.41, 5.74) is 1.74. The van der Waals surface area contributed by atoms with Crippen molar-refractivity contribution in [1.82, 2.24) is 5.32 Å². The number of benzene rings is 1. The van der Waals surface area contributed by atoms with Gasteiger partial charge >= 0.3 is 0 Å². The molecule has 0 heterocycles. The van der Waals surface area contributed by atoms with Crippen LogP contribution in [0.2, 0.25) is 0 Å². The van der Waals surface area contributed by atoms with Crippen LogP contribution in [0.5, 0.6) is 0 Å². The van der Waals surface area contributed by atoms with E-state index in [-0.39, 0.29) is 11.9 Å². The van der Waals surface area contributed by atoms with E-state index < -0.39 is 0 Å². The first-order chi connectivity index (χ1) is 9.96. The summed E-state index contributed by atoms with van der Waals surface area (Å²) in [5, 5.41) is 6.49. The molecule has 0 aliphatic carbocycles. The van der Waals surface area contributed by atoms with Crippen molar-refractivity contribution in [1.29, 1.82) is 0 Å². The second-order valence-corrected chi connectivity index (χ2v) is 6.21. The minimum absolute atomic E-state index is 0.0105. The predicted molar refractivity (Wildman–Crippen MR) is 90.8 cm³/mol. The average Bonchev–Trinajstić information content (AvgIpc) is 2.45. The minimum Gasteiger partial charge on any atom is -0.382 e. The highest BCUT2D eigenvalue weighted by Gasteiger charge is 2.12. The maximum absolute atomic E-state index is 12.0. The Morgan fingerprint density at radius 1 is 1.14 bits per heavy atom. The van der Waals surface area contributed by atoms with Crippen LogP contribution in [-0.4, -0.2) is 18.0 Å². The second-order valence-electron chi connectivity index (χ2n) is 6.21. The quantitative estimate of drug-likeness (QED) is 0.742. The van der Waals surface area contributed by atoms with Crippen LogP contribution >= 0.6 is 0 Å². The molecule has 0 aliphatic rings. The molecule has 2 atom stereocenters. The topological polar surface area (TPSA) is 41.1 Å². The Labute approximate surface area is 129 Å². The summed E-state index contributed by atoms with van der Waals surface area (Å²) in [5.74, 6) is 0.707. The molecule has 118 valence electrons. The second kappa shape index (κ2) is 8.71. The fraction of sp³-hybridized carbons (Fsp3) is 0.611. The molecule has 2 unspecified atom stereocenters. The fourth-order valence-electron chi connectivity index (χ4n) is 2.31. The Bertz CT molecular complexity index is 443. The number of carbonyl (C=O) groups excluding carboxylic acids is 1. The van der Waals surface area contributed by atoms with Gasteiger partial charge in [-0.25, -0.2) is 0 Å². The number of amides is 1. The third-order valence-corrected chi connectivity index (χ3v) is 3.79. The van der Waals surface area contributed by atoms with Crippen molar-refractivity contribution in [2.45, 2.75) is 66.0 Å². The van der Waals surface area contributed by atoms with Gasteiger partial charge in [0.2, 0.25) is 0 Å². The van der Waals surface area contributed by atoms with Crippen LogP contribution in [0.25, 0.3) is 0 Å². The van der Waals surface area contributed by atoms with Crippen LogP contribution in [0, 0.1) is 5.92 Å². The highest BCUT2D eigenvalue weighted by atomic mass is 16.1. The zero-order chi connectivity index (χ0) is 15.8. The van der Waals surface area contributed by atoms with Crippen LogP contribution in [0.4, 0.5) is 5.69 Å². The normalized spacial score (nSPS) is 13.8. The van der Waals surface area contributed by atoms with Gasteiger partial charge in [0.1, 0.15) is 0 Å². The lowest BCUT2D eigenvalue weighted by Gasteiger charge is -2.21. The van der Waals surface area contributed by atoms with Gasteiger partial charge in [-0.05, 0) is 50.8 Å². The van der Waals surface area contributed by atoms with Crippen molar-refractivity contribution in [3.8, 4) is 0 Å². The Hall–Kier alpha value is -1.51. The van der Waals surface area contributed by atoms with E-state index in [1.54, 1.807) is 0 Å². The first kappa shape index (κ1) is 17.5. The first-order valence-corrected chi connectivity index (χ1v) is 8.13. The maximum atomic E-state index is 12.0. The number of carbonyl (C=O) groups is 1. The van der Waals surface area contributed by atoms with Gasteiger partial charge in [-0.1, -0.05) is 33.3 Å². The summed E-state index contributed by atoms with van der Waals surface area (Å²) < 4.78 is 0. The number of anilines is 1. The number of hydrogen-bond acceptors (Lipinski definition) is 2. The molecule has 21 heavy (non-hydrogen) atoms. The highest BCUT2D eigenvalue weighted by molar-refractivity contribution is 5.95. The van der Waals surface area contributed by atoms with Crippen molar-refractivity contribution in [3.63, 3.8) is 0 Å². The summed E-state index contributed by atoms with van der Waals surface area (Å²) in [6.45, 7) is 10.7. The summed E-state index contributed by atoms with van der Waals surface area (Å²) in [6, 6.07) is 8.39. The molecule has 0 radical (unpaired) electrons. The number of hydrogen-bond donors (Lipinski definition) is 2. The van der Waals surface area contributed by atoms with Crippen LogP contribution < -0.4 is 10.6 Å². The van der Waals surface area contributed by atoms with Gasteiger partial charge in [0, 0.05) is 23.3 Å². The predicted octanol–water partition coefficient (Wildman–Crippen LogP) is 4.45. The van der Waals surface area contributed by atoms with Crippen molar-refractivity contribution < 1.29 is 4.79 Å². The Morgan fingerprint density at radius 3 is 2.43 bits per heavy atom. The van der Waals surface area contributed by atoms with E-state index in [4.69, 9.17) is 0 Å². The third kappa shape index (κ3) is 6.19. The van der Waals surface area contributed by atoms with Crippen molar-refractivity contribution in [2.24, 2.45) is 5.92 Å². The number of nitrogens with one attached hydrogen (secondary N) is 2. The van der Waals surface area contributed by atoms with Gasteiger partial charge in [-0.3, -0.25) is 4.79 Å². The van der Waals surface area contributed by atoms with Crippen molar-refractivity contribution in [3.05, 3.63) is 29.8 Å². The molecule has 1 rings (SSSR count). The molecule has 0 spiro atoms. The van der Waals surface area contributed by atoms with E-state index in [1.165, 1.54) is 6.42 Å². The molecule has 0 fully saturated rings. The average molecular weight is 290 g/mol. The Morgan fingerprint density at radius 2 is 1.86 bits per heavy atom. The van der Waals surface area contributed by atoms with Crippen LogP contribution in [0.15, 0.2) is 24.3 Å². The molecule has 2 N–H and O–H groups in total. The molecule has 0 saturated heterocycles. The molecule has 3 heteroatoms. The van der Waals surface area contributed by atoms with Gasteiger partial charge < -0.3 is 10.6 Å². The smallest absolute Gasteiger partial charge is 0.251 e. The lowest BCUT2D eigenvalue weighted by molar-refractivity contribution is 0.0943. The summed E-state index contributed by atoms with van der Waals surface area (Å²) in [7, 11) is 0. The fourth-order valence-corrected chi connectivity index (χ4v) is 2.31. The molecule has 0 aliphatic heterocycles. The Balaban J connectivity index is 2.72. The maximum Gasteiger partial charge on any atom is 0.251 e. The van der Waals surface area contributed by atoms with Gasteiger partial charge in [-0.2, -0.15) is 0 Å².